The fourth-order valence-corrected chi connectivity index (χ4v) is 1.13. The summed E-state index contributed by atoms with van der Waals surface area (Å²) in [7, 11) is 0. The van der Waals surface area contributed by atoms with E-state index in [1.165, 1.54) is 6.20 Å². The van der Waals surface area contributed by atoms with Crippen LogP contribution in [-0.4, -0.2) is 30.8 Å². The molecule has 8 nitrogen and oxygen atoms in total. The largest absolute Gasteiger partial charge is 0.492 e. The van der Waals surface area contributed by atoms with E-state index in [0.717, 1.165) is 0 Å². The first-order chi connectivity index (χ1) is 7.08. The maximum Gasteiger partial charge on any atom is 0.242 e. The number of H-pyrrole nitrogens is 2. The molecule has 15 heavy (non-hydrogen) atoms. The van der Waals surface area contributed by atoms with Gasteiger partial charge in [-0.2, -0.15) is 4.98 Å². The lowest BCUT2D eigenvalue weighted by atomic mass is 10.2. The molecule has 0 saturated heterocycles. The van der Waals surface area contributed by atoms with Crippen LogP contribution in [0.2, 0.25) is 0 Å². The van der Waals surface area contributed by atoms with Gasteiger partial charge in [-0.05, 0) is 0 Å². The van der Waals surface area contributed by atoms with Gasteiger partial charge in [-0.15, -0.1) is 0 Å². The molecule has 0 unspecified atom stereocenters. The molecule has 2 heterocycles. The second kappa shape index (κ2) is 3.01. The lowest BCUT2D eigenvalue weighted by Crippen LogP contribution is -2.03. The smallest absolute Gasteiger partial charge is 0.242 e. The Morgan fingerprint density at radius 1 is 1.33 bits per heavy atom. The molecule has 8 heteroatoms. The van der Waals surface area contributed by atoms with Crippen LogP contribution in [0, 0.1) is 0 Å². The van der Waals surface area contributed by atoms with Gasteiger partial charge in [0.2, 0.25) is 17.6 Å². The van der Waals surface area contributed by atoms with Gasteiger partial charge < -0.3 is 26.5 Å². The molecule has 0 aliphatic carbocycles. The molecule has 78 valence electrons. The number of hydrogen-bond donors (Lipinski definition) is 5. The highest BCUT2D eigenvalue weighted by Crippen LogP contribution is 2.17. The first-order valence-electron chi connectivity index (χ1n) is 3.97. The molecular weight excluding hydrogens is 200 g/mol. The van der Waals surface area contributed by atoms with E-state index in [1.54, 1.807) is 0 Å². The van der Waals surface area contributed by atoms with Crippen LogP contribution in [0.25, 0.3) is 0 Å². The number of carbonyl (C=O) groups is 1. The van der Waals surface area contributed by atoms with Crippen LogP contribution in [0.3, 0.4) is 0 Å². The molecule has 0 amide bonds. The number of aromatic nitrogens is 4. The van der Waals surface area contributed by atoms with E-state index in [2.05, 4.69) is 19.9 Å². The second-order valence-electron chi connectivity index (χ2n) is 2.83. The monoisotopic (exact) mass is 208 g/mol. The predicted molar refractivity (Wildman–Crippen MR) is 51.1 cm³/mol. The van der Waals surface area contributed by atoms with Gasteiger partial charge in [0.15, 0.2) is 11.6 Å². The number of rotatable bonds is 2. The Hall–Kier alpha value is -2.51. The minimum Gasteiger partial charge on any atom is -0.492 e. The van der Waals surface area contributed by atoms with Crippen molar-refractivity contribution in [3.05, 3.63) is 17.6 Å². The van der Waals surface area contributed by atoms with Crippen molar-refractivity contribution in [2.75, 3.05) is 11.5 Å². The quantitative estimate of drug-likeness (QED) is 0.409. The summed E-state index contributed by atoms with van der Waals surface area (Å²) in [4.78, 5) is 23.7. The van der Waals surface area contributed by atoms with Crippen molar-refractivity contribution in [1.29, 1.82) is 0 Å². The first kappa shape index (κ1) is 9.06. The lowest BCUT2D eigenvalue weighted by molar-refractivity contribution is 0.102. The Kier molecular flexibility index (Phi) is 1.82. The highest BCUT2D eigenvalue weighted by Gasteiger charge is 2.19. The molecule has 2 aromatic rings. The minimum absolute atomic E-state index is 0.0386. The molecule has 0 aromatic carbocycles. The van der Waals surface area contributed by atoms with E-state index in [9.17, 15) is 9.90 Å². The summed E-state index contributed by atoms with van der Waals surface area (Å²) in [6.45, 7) is 0. The molecular formula is C7H8N6O2. The van der Waals surface area contributed by atoms with Crippen LogP contribution < -0.4 is 11.5 Å². The number of nitrogens with two attached hydrogens (primary N) is 2. The SMILES string of the molecule is Nc1ncc(C(=O)c2[nH]c(N)nc2O)[nH]1. The molecule has 0 aliphatic heterocycles. The third-order valence-corrected chi connectivity index (χ3v) is 1.77. The zero-order valence-corrected chi connectivity index (χ0v) is 7.48. The fraction of sp³-hybridized carbons (Fsp3) is 0. The predicted octanol–water partition coefficient (Wildman–Crippen LogP) is -0.766. The van der Waals surface area contributed by atoms with E-state index in [1.807, 2.05) is 0 Å². The van der Waals surface area contributed by atoms with Gasteiger partial charge in [-0.3, -0.25) is 4.79 Å². The molecule has 0 aliphatic rings. The number of nitrogens with zero attached hydrogens (tertiary/aromatic N) is 2. The van der Waals surface area contributed by atoms with Crippen LogP contribution in [-0.2, 0) is 0 Å². The van der Waals surface area contributed by atoms with E-state index in [-0.39, 0.29) is 23.3 Å². The van der Waals surface area contributed by atoms with E-state index < -0.39 is 11.7 Å². The van der Waals surface area contributed by atoms with Crippen LogP contribution in [0.15, 0.2) is 6.20 Å². The summed E-state index contributed by atoms with van der Waals surface area (Å²) in [5.41, 5.74) is 10.6. The fourth-order valence-electron chi connectivity index (χ4n) is 1.13. The first-order valence-corrected chi connectivity index (χ1v) is 3.97. The molecule has 0 radical (unpaired) electrons. The number of carbonyl (C=O) groups excluding carboxylic acids is 1. The average molecular weight is 208 g/mol. The summed E-state index contributed by atoms with van der Waals surface area (Å²) >= 11 is 0. The second-order valence-corrected chi connectivity index (χ2v) is 2.83. The Balaban J connectivity index is 2.40. The Morgan fingerprint density at radius 2 is 2.07 bits per heavy atom. The van der Waals surface area contributed by atoms with Crippen molar-refractivity contribution >= 4 is 17.7 Å². The Bertz CT molecular complexity index is 513. The van der Waals surface area contributed by atoms with E-state index in [4.69, 9.17) is 11.5 Å². The molecule has 0 atom stereocenters. The lowest BCUT2D eigenvalue weighted by Gasteiger charge is -1.93. The molecule has 0 bridgehead atoms. The number of aromatic amines is 2. The molecule has 2 aromatic heterocycles. The van der Waals surface area contributed by atoms with Crippen molar-refractivity contribution in [1.82, 2.24) is 19.9 Å². The summed E-state index contributed by atoms with van der Waals surface area (Å²) in [6, 6.07) is 0. The molecule has 7 N–H and O–H groups in total. The maximum absolute atomic E-state index is 11.7. The third kappa shape index (κ3) is 1.47. The molecule has 0 saturated carbocycles. The topological polar surface area (TPSA) is 147 Å². The summed E-state index contributed by atoms with van der Waals surface area (Å²) in [5, 5.41) is 9.26. The van der Waals surface area contributed by atoms with Crippen LogP contribution in [0.4, 0.5) is 11.9 Å². The van der Waals surface area contributed by atoms with Gasteiger partial charge in [0.1, 0.15) is 5.69 Å². The number of aromatic hydroxyl groups is 1. The van der Waals surface area contributed by atoms with E-state index in [0.29, 0.717) is 0 Å². The van der Waals surface area contributed by atoms with Crippen molar-refractivity contribution < 1.29 is 9.90 Å². The zero-order valence-electron chi connectivity index (χ0n) is 7.48. The summed E-state index contributed by atoms with van der Waals surface area (Å²) < 4.78 is 0. The van der Waals surface area contributed by atoms with Crippen molar-refractivity contribution in [3.63, 3.8) is 0 Å². The highest BCUT2D eigenvalue weighted by atomic mass is 16.3. The number of nitrogen functional groups attached to an aromatic ring is 2. The number of hydrogen-bond acceptors (Lipinski definition) is 6. The Morgan fingerprint density at radius 3 is 2.53 bits per heavy atom. The van der Waals surface area contributed by atoms with Crippen LogP contribution >= 0.6 is 0 Å². The number of nitrogens with one attached hydrogen (secondary N) is 2. The molecule has 0 fully saturated rings. The molecule has 2 rings (SSSR count). The average Bonchev–Trinajstić information content (AvgIpc) is 2.71. The number of anilines is 2. The Labute approximate surface area is 83.3 Å². The minimum atomic E-state index is -0.513. The number of ketones is 1. The third-order valence-electron chi connectivity index (χ3n) is 1.77. The maximum atomic E-state index is 11.7. The van der Waals surface area contributed by atoms with E-state index >= 15 is 0 Å². The molecule has 0 spiro atoms. The van der Waals surface area contributed by atoms with Crippen molar-refractivity contribution in [3.8, 4) is 5.88 Å². The van der Waals surface area contributed by atoms with Crippen molar-refractivity contribution in [2.24, 2.45) is 0 Å². The van der Waals surface area contributed by atoms with Gasteiger partial charge in [-0.25, -0.2) is 4.98 Å². The van der Waals surface area contributed by atoms with Crippen molar-refractivity contribution in [2.45, 2.75) is 0 Å². The number of imidazole rings is 2. The van der Waals surface area contributed by atoms with Gasteiger partial charge in [0, 0.05) is 0 Å². The standard InChI is InChI=1S/C7H8N6O2/c8-6-10-1-2(11-6)4(14)3-5(15)13-7(9)12-3/h1,15H,(H3,8,10,11)(H3,9,12,13). The van der Waals surface area contributed by atoms with Gasteiger partial charge in [0.25, 0.3) is 0 Å². The van der Waals surface area contributed by atoms with Crippen LogP contribution in [0.1, 0.15) is 16.2 Å². The summed E-state index contributed by atoms with van der Waals surface area (Å²) in [6.07, 6.45) is 1.26. The van der Waals surface area contributed by atoms with Gasteiger partial charge >= 0.3 is 0 Å². The normalized spacial score (nSPS) is 10.4. The van der Waals surface area contributed by atoms with Gasteiger partial charge in [0.05, 0.1) is 6.20 Å². The van der Waals surface area contributed by atoms with Gasteiger partial charge in [-0.1, -0.05) is 0 Å². The zero-order chi connectivity index (χ0) is 11.0. The summed E-state index contributed by atoms with van der Waals surface area (Å²) in [5.74, 6) is -0.889. The highest BCUT2D eigenvalue weighted by molar-refractivity contribution is 6.08. The van der Waals surface area contributed by atoms with Crippen LogP contribution in [0.5, 0.6) is 5.88 Å².